The number of rotatable bonds is 7. The molecule has 1 amide bonds. The third-order valence-corrected chi connectivity index (χ3v) is 7.49. The lowest BCUT2D eigenvalue weighted by atomic mass is 9.89. The van der Waals surface area contributed by atoms with Crippen molar-refractivity contribution in [3.8, 4) is 0 Å². The van der Waals surface area contributed by atoms with Gasteiger partial charge in [0.25, 0.3) is 0 Å². The second kappa shape index (κ2) is 9.43. The van der Waals surface area contributed by atoms with E-state index in [-0.39, 0.29) is 11.9 Å². The van der Waals surface area contributed by atoms with Gasteiger partial charge < -0.3 is 5.32 Å². The monoisotopic (exact) mass is 442 g/mol. The first-order chi connectivity index (χ1) is 14.6. The highest BCUT2D eigenvalue weighted by molar-refractivity contribution is 7.92. The summed E-state index contributed by atoms with van der Waals surface area (Å²) >= 11 is 0. The van der Waals surface area contributed by atoms with Crippen LogP contribution in [0.25, 0.3) is 0 Å². The minimum absolute atomic E-state index is 0.199. The van der Waals surface area contributed by atoms with E-state index in [0.717, 1.165) is 35.8 Å². The van der Waals surface area contributed by atoms with Crippen molar-refractivity contribution in [3.63, 3.8) is 0 Å². The van der Waals surface area contributed by atoms with Gasteiger partial charge in [0.15, 0.2) is 0 Å². The van der Waals surface area contributed by atoms with Gasteiger partial charge in [0, 0.05) is 0 Å². The fourth-order valence-corrected chi connectivity index (χ4v) is 5.54. The lowest BCUT2D eigenvalue weighted by Crippen LogP contribution is -2.49. The Hall–Kier alpha value is -2.34. The summed E-state index contributed by atoms with van der Waals surface area (Å²) in [6, 6.07) is 10.9. The molecule has 31 heavy (non-hydrogen) atoms. The van der Waals surface area contributed by atoms with E-state index < -0.39 is 16.1 Å². The van der Waals surface area contributed by atoms with Gasteiger partial charge >= 0.3 is 0 Å². The van der Waals surface area contributed by atoms with E-state index in [1.165, 1.54) is 28.3 Å². The molecule has 3 rings (SSSR count). The summed E-state index contributed by atoms with van der Waals surface area (Å²) in [5, 5.41) is 3.06. The van der Waals surface area contributed by atoms with Gasteiger partial charge in [-0.15, -0.1) is 0 Å². The van der Waals surface area contributed by atoms with Gasteiger partial charge in [-0.1, -0.05) is 31.2 Å². The lowest BCUT2D eigenvalue weighted by molar-refractivity contribution is -0.122. The van der Waals surface area contributed by atoms with Gasteiger partial charge in [-0.3, -0.25) is 9.10 Å². The molecule has 168 valence electrons. The summed E-state index contributed by atoms with van der Waals surface area (Å²) < 4.78 is 26.6. The predicted molar refractivity (Wildman–Crippen MR) is 127 cm³/mol. The summed E-state index contributed by atoms with van der Waals surface area (Å²) in [6.45, 7) is 7.72. The first-order valence-corrected chi connectivity index (χ1v) is 13.0. The Kier molecular flexibility index (Phi) is 7.10. The molecule has 0 heterocycles. The lowest BCUT2D eigenvalue weighted by Gasteiger charge is -2.31. The van der Waals surface area contributed by atoms with Crippen molar-refractivity contribution >= 4 is 21.6 Å². The normalized spacial score (nSPS) is 15.6. The average molecular weight is 443 g/mol. The van der Waals surface area contributed by atoms with Crippen LogP contribution in [0.3, 0.4) is 0 Å². The summed E-state index contributed by atoms with van der Waals surface area (Å²) in [4.78, 5) is 13.2. The second-order valence-electron chi connectivity index (χ2n) is 8.72. The predicted octanol–water partition coefficient (Wildman–Crippen LogP) is 4.60. The first kappa shape index (κ1) is 23.3. The number of hydrogen-bond donors (Lipinski definition) is 1. The van der Waals surface area contributed by atoms with Crippen molar-refractivity contribution in [3.05, 3.63) is 64.2 Å². The molecule has 1 aliphatic rings. The zero-order chi connectivity index (χ0) is 22.8. The summed E-state index contributed by atoms with van der Waals surface area (Å²) in [7, 11) is -3.64. The van der Waals surface area contributed by atoms with Crippen molar-refractivity contribution in [1.29, 1.82) is 0 Å². The number of carbonyl (C=O) groups excluding carboxylic acids is 1. The number of benzene rings is 2. The fraction of sp³-hybridized carbons (Fsp3) is 0.480. The molecule has 1 N–H and O–H groups in total. The molecule has 0 radical (unpaired) electrons. The highest BCUT2D eigenvalue weighted by atomic mass is 32.2. The molecule has 1 aliphatic carbocycles. The van der Waals surface area contributed by atoms with Crippen LogP contribution in [0.1, 0.15) is 67.0 Å². The molecule has 2 unspecified atom stereocenters. The van der Waals surface area contributed by atoms with E-state index in [0.29, 0.717) is 12.1 Å². The fourth-order valence-electron chi connectivity index (χ4n) is 4.34. The van der Waals surface area contributed by atoms with Gasteiger partial charge in [0.1, 0.15) is 6.04 Å². The Bertz CT molecular complexity index is 1060. The van der Waals surface area contributed by atoms with Crippen LogP contribution in [0.5, 0.6) is 0 Å². The number of fused-ring (bicyclic) bond motifs is 1. The van der Waals surface area contributed by atoms with E-state index in [2.05, 4.69) is 23.5 Å². The molecule has 2 aromatic rings. The topological polar surface area (TPSA) is 66.5 Å². The quantitative estimate of drug-likeness (QED) is 0.681. The van der Waals surface area contributed by atoms with Crippen molar-refractivity contribution in [2.24, 2.45) is 0 Å². The number of anilines is 1. The third kappa shape index (κ3) is 5.29. The number of sulfonamides is 1. The molecular weight excluding hydrogens is 408 g/mol. The maximum absolute atomic E-state index is 13.2. The van der Waals surface area contributed by atoms with Crippen molar-refractivity contribution in [2.45, 2.75) is 71.9 Å². The Balaban J connectivity index is 1.85. The zero-order valence-corrected chi connectivity index (χ0v) is 20.1. The largest absolute Gasteiger partial charge is 0.348 e. The molecule has 6 heteroatoms. The minimum atomic E-state index is -3.64. The summed E-state index contributed by atoms with van der Waals surface area (Å²) in [5.41, 5.74) is 6.41. The molecule has 0 bridgehead atoms. The van der Waals surface area contributed by atoms with Gasteiger partial charge in [0.2, 0.25) is 15.9 Å². The molecule has 0 saturated carbocycles. The summed E-state index contributed by atoms with van der Waals surface area (Å²) in [5.74, 6) is -0.281. The second-order valence-corrected chi connectivity index (χ2v) is 10.6. The van der Waals surface area contributed by atoms with Crippen molar-refractivity contribution in [1.82, 2.24) is 5.32 Å². The molecule has 0 aliphatic heterocycles. The van der Waals surface area contributed by atoms with Gasteiger partial charge in [-0.05, 0) is 92.8 Å². The van der Waals surface area contributed by atoms with Crippen LogP contribution in [-0.2, 0) is 27.7 Å². The molecule has 0 fully saturated rings. The molecule has 5 nitrogen and oxygen atoms in total. The van der Waals surface area contributed by atoms with E-state index >= 15 is 0 Å². The van der Waals surface area contributed by atoms with Crippen LogP contribution in [0, 0.1) is 13.8 Å². The Morgan fingerprint density at radius 2 is 1.71 bits per heavy atom. The standard InChI is InChI=1S/C25H34N2O3S/c1-6-24(27(31(5,29)30)23-14-11-17(2)18(3)15-23)25(28)26-19(4)21-13-12-20-9-7-8-10-22(20)16-21/h11-16,19,24H,6-10H2,1-5H3,(H,26,28). The molecule has 0 saturated heterocycles. The Morgan fingerprint density at radius 3 is 2.32 bits per heavy atom. The van der Waals surface area contributed by atoms with Gasteiger partial charge in [0.05, 0.1) is 18.0 Å². The maximum atomic E-state index is 13.2. The number of nitrogens with zero attached hydrogens (tertiary/aromatic N) is 1. The van der Waals surface area contributed by atoms with E-state index in [1.54, 1.807) is 6.07 Å². The van der Waals surface area contributed by atoms with Gasteiger partial charge in [-0.25, -0.2) is 8.42 Å². The SMILES string of the molecule is CCC(C(=O)NC(C)c1ccc2c(c1)CCCC2)N(c1ccc(C)c(C)c1)S(C)(=O)=O. The smallest absolute Gasteiger partial charge is 0.244 e. The maximum Gasteiger partial charge on any atom is 0.244 e. The molecule has 2 atom stereocenters. The number of amides is 1. The molecule has 0 aromatic heterocycles. The highest BCUT2D eigenvalue weighted by Crippen LogP contribution is 2.27. The van der Waals surface area contributed by atoms with Crippen molar-refractivity contribution < 1.29 is 13.2 Å². The van der Waals surface area contributed by atoms with E-state index in [1.807, 2.05) is 39.8 Å². The number of aryl methyl sites for hydroxylation is 4. The molecular formula is C25H34N2O3S. The van der Waals surface area contributed by atoms with Crippen LogP contribution in [0.2, 0.25) is 0 Å². The van der Waals surface area contributed by atoms with Crippen LogP contribution in [-0.4, -0.2) is 26.6 Å². The van der Waals surface area contributed by atoms with E-state index in [9.17, 15) is 13.2 Å². The van der Waals surface area contributed by atoms with Crippen molar-refractivity contribution in [2.75, 3.05) is 10.6 Å². The Morgan fingerprint density at radius 1 is 1.03 bits per heavy atom. The molecule has 2 aromatic carbocycles. The van der Waals surface area contributed by atoms with Crippen LogP contribution < -0.4 is 9.62 Å². The average Bonchev–Trinajstić information content (AvgIpc) is 2.72. The zero-order valence-electron chi connectivity index (χ0n) is 19.2. The van der Waals surface area contributed by atoms with Gasteiger partial charge in [-0.2, -0.15) is 0 Å². The minimum Gasteiger partial charge on any atom is -0.348 e. The van der Waals surface area contributed by atoms with Crippen LogP contribution >= 0.6 is 0 Å². The number of hydrogen-bond acceptors (Lipinski definition) is 3. The van der Waals surface area contributed by atoms with E-state index in [4.69, 9.17) is 0 Å². The van der Waals surface area contributed by atoms with Crippen LogP contribution in [0.4, 0.5) is 5.69 Å². The number of carbonyl (C=O) groups is 1. The summed E-state index contributed by atoms with van der Waals surface area (Å²) in [6.07, 6.45) is 6.17. The molecule has 0 spiro atoms. The first-order valence-electron chi connectivity index (χ1n) is 11.1. The highest BCUT2D eigenvalue weighted by Gasteiger charge is 2.32. The third-order valence-electron chi connectivity index (χ3n) is 6.31. The number of nitrogens with one attached hydrogen (secondary N) is 1. The van der Waals surface area contributed by atoms with Crippen LogP contribution in [0.15, 0.2) is 36.4 Å². The Labute approximate surface area is 186 Å².